The van der Waals surface area contributed by atoms with E-state index in [2.05, 4.69) is 0 Å². The summed E-state index contributed by atoms with van der Waals surface area (Å²) < 4.78 is 11.0. The summed E-state index contributed by atoms with van der Waals surface area (Å²) in [7, 11) is 1.58. The molecular formula is C13H19ClO3. The maximum Gasteiger partial charge on any atom is 0.165 e. The van der Waals surface area contributed by atoms with E-state index in [0.717, 1.165) is 5.56 Å². The van der Waals surface area contributed by atoms with Crippen LogP contribution in [0.1, 0.15) is 32.3 Å². The summed E-state index contributed by atoms with van der Waals surface area (Å²) in [5.74, 6) is 1.21. The third-order valence-corrected chi connectivity index (χ3v) is 2.64. The molecule has 0 aliphatic carbocycles. The molecule has 0 aliphatic rings. The van der Waals surface area contributed by atoms with Crippen molar-refractivity contribution in [2.75, 3.05) is 13.7 Å². The molecule has 0 saturated heterocycles. The molecule has 1 rings (SSSR count). The van der Waals surface area contributed by atoms with Gasteiger partial charge in [0.2, 0.25) is 0 Å². The average molecular weight is 259 g/mol. The summed E-state index contributed by atoms with van der Waals surface area (Å²) in [4.78, 5) is 0. The van der Waals surface area contributed by atoms with Crippen molar-refractivity contribution < 1.29 is 14.6 Å². The van der Waals surface area contributed by atoms with Crippen LogP contribution >= 0.6 is 11.6 Å². The predicted octanol–water partition coefficient (Wildman–Crippen LogP) is 3.23. The zero-order valence-corrected chi connectivity index (χ0v) is 11.4. The van der Waals surface area contributed by atoms with Gasteiger partial charge in [-0.1, -0.05) is 18.5 Å². The van der Waals surface area contributed by atoms with E-state index in [4.69, 9.17) is 21.1 Å². The molecular weight excluding hydrogens is 240 g/mol. The monoisotopic (exact) mass is 258 g/mol. The normalized spacial score (nSPS) is 12.6. The quantitative estimate of drug-likeness (QED) is 0.881. The number of hydrogen-bond donors (Lipinski definition) is 1. The molecule has 1 aromatic rings. The number of ether oxygens (including phenoxy) is 2. The Bertz CT molecular complexity index is 377. The van der Waals surface area contributed by atoms with Gasteiger partial charge < -0.3 is 14.6 Å². The van der Waals surface area contributed by atoms with E-state index in [1.807, 2.05) is 26.8 Å². The van der Waals surface area contributed by atoms with Gasteiger partial charge in [0, 0.05) is 29.2 Å². The van der Waals surface area contributed by atoms with E-state index in [9.17, 15) is 5.11 Å². The summed E-state index contributed by atoms with van der Waals surface area (Å²) in [6.45, 7) is 5.85. The fraction of sp³-hybridized carbons (Fsp3) is 0.538. The molecule has 0 saturated carbocycles. The van der Waals surface area contributed by atoms with Crippen molar-refractivity contribution in [1.82, 2.24) is 0 Å². The molecule has 0 aliphatic heterocycles. The van der Waals surface area contributed by atoms with Gasteiger partial charge in [-0.2, -0.15) is 0 Å². The molecule has 0 aromatic heterocycles. The molecule has 0 amide bonds. The van der Waals surface area contributed by atoms with Crippen LogP contribution in [0.25, 0.3) is 0 Å². The first kappa shape index (κ1) is 14.1. The molecule has 1 N–H and O–H groups in total. The molecule has 0 spiro atoms. The van der Waals surface area contributed by atoms with Crippen LogP contribution in [-0.4, -0.2) is 24.9 Å². The number of aliphatic hydroxyl groups is 1. The van der Waals surface area contributed by atoms with E-state index in [1.165, 1.54) is 0 Å². The van der Waals surface area contributed by atoms with Crippen LogP contribution in [0, 0.1) is 0 Å². The Labute approximate surface area is 107 Å². The Morgan fingerprint density at radius 3 is 2.41 bits per heavy atom. The minimum Gasteiger partial charge on any atom is -0.493 e. The molecule has 0 bridgehead atoms. The largest absolute Gasteiger partial charge is 0.493 e. The third-order valence-electron chi connectivity index (χ3n) is 2.43. The lowest BCUT2D eigenvalue weighted by Crippen LogP contribution is -2.11. The lowest BCUT2D eigenvalue weighted by molar-refractivity contribution is 0.220. The number of hydrogen-bond acceptors (Lipinski definition) is 3. The molecule has 1 aromatic carbocycles. The number of benzene rings is 1. The SMILES string of the molecule is COc1cc(Cl)cc(C(C)CO)c1OC(C)C. The molecule has 4 heteroatoms. The Balaban J connectivity index is 3.27. The van der Waals surface area contributed by atoms with Crippen molar-refractivity contribution >= 4 is 11.6 Å². The van der Waals surface area contributed by atoms with Gasteiger partial charge in [-0.25, -0.2) is 0 Å². The second-order valence-corrected chi connectivity index (χ2v) is 4.71. The summed E-state index contributed by atoms with van der Waals surface area (Å²) >= 11 is 6.02. The lowest BCUT2D eigenvalue weighted by atomic mass is 10.0. The van der Waals surface area contributed by atoms with E-state index >= 15 is 0 Å². The van der Waals surface area contributed by atoms with Crippen molar-refractivity contribution in [3.8, 4) is 11.5 Å². The fourth-order valence-electron chi connectivity index (χ4n) is 1.57. The molecule has 1 atom stereocenters. The number of methoxy groups -OCH3 is 1. The highest BCUT2D eigenvalue weighted by molar-refractivity contribution is 6.30. The molecule has 96 valence electrons. The lowest BCUT2D eigenvalue weighted by Gasteiger charge is -2.20. The molecule has 1 unspecified atom stereocenters. The summed E-state index contributed by atoms with van der Waals surface area (Å²) in [5, 5.41) is 9.84. The first-order valence-electron chi connectivity index (χ1n) is 5.64. The molecule has 3 nitrogen and oxygen atoms in total. The topological polar surface area (TPSA) is 38.7 Å². The average Bonchev–Trinajstić information content (AvgIpc) is 2.29. The predicted molar refractivity (Wildman–Crippen MR) is 69.3 cm³/mol. The van der Waals surface area contributed by atoms with Gasteiger partial charge >= 0.3 is 0 Å². The van der Waals surface area contributed by atoms with Gasteiger partial charge in [0.1, 0.15) is 0 Å². The summed E-state index contributed by atoms with van der Waals surface area (Å²) in [6.07, 6.45) is 0.0368. The highest BCUT2D eigenvalue weighted by Crippen LogP contribution is 2.39. The van der Waals surface area contributed by atoms with Crippen LogP contribution in [0.5, 0.6) is 11.5 Å². The zero-order chi connectivity index (χ0) is 13.0. The van der Waals surface area contributed by atoms with E-state index in [-0.39, 0.29) is 18.6 Å². The zero-order valence-electron chi connectivity index (χ0n) is 10.7. The van der Waals surface area contributed by atoms with Crippen LogP contribution in [0.2, 0.25) is 5.02 Å². The van der Waals surface area contributed by atoms with Gasteiger partial charge in [-0.15, -0.1) is 0 Å². The maximum absolute atomic E-state index is 9.26. The second kappa shape index (κ2) is 6.12. The standard InChI is InChI=1S/C13H19ClO3/c1-8(2)17-13-11(9(3)7-15)5-10(14)6-12(13)16-4/h5-6,8-9,15H,7H2,1-4H3. The summed E-state index contributed by atoms with van der Waals surface area (Å²) in [6, 6.07) is 3.52. The van der Waals surface area contributed by atoms with Gasteiger partial charge in [0.15, 0.2) is 11.5 Å². The van der Waals surface area contributed by atoms with E-state index in [0.29, 0.717) is 16.5 Å². The minimum absolute atomic E-state index is 0.0368. The third kappa shape index (κ3) is 3.51. The van der Waals surface area contributed by atoms with Crippen molar-refractivity contribution in [3.63, 3.8) is 0 Å². The smallest absolute Gasteiger partial charge is 0.165 e. The highest BCUT2D eigenvalue weighted by Gasteiger charge is 2.18. The minimum atomic E-state index is -0.0450. The van der Waals surface area contributed by atoms with Crippen LogP contribution < -0.4 is 9.47 Å². The van der Waals surface area contributed by atoms with Gasteiger partial charge in [-0.3, -0.25) is 0 Å². The Kier molecular flexibility index (Phi) is 5.09. The van der Waals surface area contributed by atoms with Crippen molar-refractivity contribution in [2.45, 2.75) is 32.8 Å². The molecule has 0 radical (unpaired) electrons. The van der Waals surface area contributed by atoms with Crippen molar-refractivity contribution in [3.05, 3.63) is 22.7 Å². The Morgan fingerprint density at radius 1 is 1.29 bits per heavy atom. The fourth-order valence-corrected chi connectivity index (χ4v) is 1.78. The number of rotatable bonds is 5. The number of halogens is 1. The first-order chi connectivity index (χ1) is 7.99. The van der Waals surface area contributed by atoms with E-state index < -0.39 is 0 Å². The Morgan fingerprint density at radius 2 is 1.94 bits per heavy atom. The van der Waals surface area contributed by atoms with Crippen molar-refractivity contribution in [1.29, 1.82) is 0 Å². The summed E-state index contributed by atoms with van der Waals surface area (Å²) in [5.41, 5.74) is 0.866. The van der Waals surface area contributed by atoms with Crippen LogP contribution in [-0.2, 0) is 0 Å². The van der Waals surface area contributed by atoms with Crippen LogP contribution in [0.4, 0.5) is 0 Å². The van der Waals surface area contributed by atoms with Crippen molar-refractivity contribution in [2.24, 2.45) is 0 Å². The highest BCUT2D eigenvalue weighted by atomic mass is 35.5. The van der Waals surface area contributed by atoms with Gasteiger partial charge in [0.05, 0.1) is 13.2 Å². The van der Waals surface area contributed by atoms with Crippen LogP contribution in [0.15, 0.2) is 12.1 Å². The maximum atomic E-state index is 9.26. The van der Waals surface area contributed by atoms with Gasteiger partial charge in [0.25, 0.3) is 0 Å². The molecule has 0 fully saturated rings. The number of aliphatic hydroxyl groups excluding tert-OH is 1. The molecule has 0 heterocycles. The first-order valence-corrected chi connectivity index (χ1v) is 6.02. The van der Waals surface area contributed by atoms with E-state index in [1.54, 1.807) is 13.2 Å². The van der Waals surface area contributed by atoms with Crippen LogP contribution in [0.3, 0.4) is 0 Å². The van der Waals surface area contributed by atoms with Gasteiger partial charge in [-0.05, 0) is 19.9 Å². The Hall–Kier alpha value is -0.930. The molecule has 17 heavy (non-hydrogen) atoms. The second-order valence-electron chi connectivity index (χ2n) is 4.28.